The maximum absolute atomic E-state index is 12.4. The van der Waals surface area contributed by atoms with Crippen LogP contribution < -0.4 is 0 Å². The Balaban J connectivity index is 2.31. The van der Waals surface area contributed by atoms with Gasteiger partial charge in [0.1, 0.15) is 0 Å². The van der Waals surface area contributed by atoms with Gasteiger partial charge in [-0.2, -0.15) is 18.3 Å². The molecule has 0 radical (unpaired) electrons. The predicted octanol–water partition coefficient (Wildman–Crippen LogP) is 0.488. The molecule has 9 heteroatoms. The van der Waals surface area contributed by atoms with E-state index in [9.17, 15) is 22.8 Å². The van der Waals surface area contributed by atoms with Gasteiger partial charge in [-0.25, -0.2) is 0 Å². The van der Waals surface area contributed by atoms with Gasteiger partial charge in [0.2, 0.25) is 0 Å². The number of carbonyl (C=O) groups excluding carboxylic acids is 1. The smallest absolute Gasteiger partial charge is 0.471 e. The zero-order valence-corrected chi connectivity index (χ0v) is 9.59. The molecule has 2 heterocycles. The molecule has 1 aromatic rings. The van der Waals surface area contributed by atoms with E-state index in [2.05, 4.69) is 5.10 Å². The summed E-state index contributed by atoms with van der Waals surface area (Å²) in [5, 5.41) is 12.8. The highest BCUT2D eigenvalue weighted by Crippen LogP contribution is 2.23. The predicted molar refractivity (Wildman–Crippen MR) is 54.8 cm³/mol. The van der Waals surface area contributed by atoms with Crippen molar-refractivity contribution >= 4 is 11.9 Å². The standard InChI is InChI=1S/C10H10F3N3O3/c11-10(12,13)9(19)15-3-6(8(17)18)4-16-7(5-15)1-2-14-16/h1-2,6H,3-5H2,(H,17,18). The third kappa shape index (κ3) is 2.69. The highest BCUT2D eigenvalue weighted by molar-refractivity contribution is 5.82. The van der Waals surface area contributed by atoms with Crippen molar-refractivity contribution in [3.8, 4) is 0 Å². The lowest BCUT2D eigenvalue weighted by Gasteiger charge is -2.23. The van der Waals surface area contributed by atoms with Crippen LogP contribution in [0.1, 0.15) is 5.69 Å². The largest absolute Gasteiger partial charge is 0.481 e. The first kappa shape index (κ1) is 13.4. The van der Waals surface area contributed by atoms with E-state index in [-0.39, 0.29) is 13.1 Å². The normalized spacial score (nSPS) is 19.7. The lowest BCUT2D eigenvalue weighted by molar-refractivity contribution is -0.187. The van der Waals surface area contributed by atoms with Crippen molar-refractivity contribution in [2.75, 3.05) is 6.54 Å². The van der Waals surface area contributed by atoms with Gasteiger partial charge in [0.15, 0.2) is 0 Å². The fraction of sp³-hybridized carbons (Fsp3) is 0.500. The molecule has 6 nitrogen and oxygen atoms in total. The Morgan fingerprint density at radius 3 is 2.63 bits per heavy atom. The van der Waals surface area contributed by atoms with Gasteiger partial charge < -0.3 is 10.0 Å². The molecule has 0 spiro atoms. The average Bonchev–Trinajstić information content (AvgIpc) is 2.64. The van der Waals surface area contributed by atoms with E-state index in [1.807, 2.05) is 0 Å². The number of rotatable bonds is 1. The van der Waals surface area contributed by atoms with Crippen molar-refractivity contribution in [2.24, 2.45) is 5.92 Å². The van der Waals surface area contributed by atoms with Crippen molar-refractivity contribution in [1.29, 1.82) is 0 Å². The highest BCUT2D eigenvalue weighted by atomic mass is 19.4. The van der Waals surface area contributed by atoms with Crippen LogP contribution in [0.15, 0.2) is 12.3 Å². The van der Waals surface area contributed by atoms with Crippen LogP contribution in [-0.2, 0) is 22.7 Å². The highest BCUT2D eigenvalue weighted by Gasteiger charge is 2.44. The summed E-state index contributed by atoms with van der Waals surface area (Å²) in [6, 6.07) is 1.46. The number of alkyl halides is 3. The van der Waals surface area contributed by atoms with Crippen LogP contribution in [0.25, 0.3) is 0 Å². The fourth-order valence-electron chi connectivity index (χ4n) is 1.94. The van der Waals surface area contributed by atoms with Crippen LogP contribution in [0.3, 0.4) is 0 Å². The first-order chi connectivity index (χ1) is 8.79. The van der Waals surface area contributed by atoms with E-state index in [1.54, 1.807) is 0 Å². The quantitative estimate of drug-likeness (QED) is 0.810. The monoisotopic (exact) mass is 277 g/mol. The van der Waals surface area contributed by atoms with Crippen molar-refractivity contribution in [1.82, 2.24) is 14.7 Å². The Morgan fingerprint density at radius 2 is 2.05 bits per heavy atom. The molecule has 104 valence electrons. The number of hydrogen-bond acceptors (Lipinski definition) is 3. The third-order valence-corrected chi connectivity index (χ3v) is 2.87. The molecule has 1 amide bonds. The molecule has 1 N–H and O–H groups in total. The molecule has 0 fully saturated rings. The van der Waals surface area contributed by atoms with Gasteiger partial charge in [0.05, 0.1) is 24.7 Å². The molecule has 19 heavy (non-hydrogen) atoms. The van der Waals surface area contributed by atoms with Crippen molar-refractivity contribution in [2.45, 2.75) is 19.3 Å². The second kappa shape index (κ2) is 4.56. The molecular weight excluding hydrogens is 267 g/mol. The van der Waals surface area contributed by atoms with Gasteiger partial charge in [-0.3, -0.25) is 14.3 Å². The molecule has 0 saturated heterocycles. The molecule has 0 aliphatic carbocycles. The molecular formula is C10H10F3N3O3. The number of halogens is 3. The lowest BCUT2D eigenvalue weighted by atomic mass is 10.1. The number of carboxylic acids is 1. The van der Waals surface area contributed by atoms with Crippen molar-refractivity contribution < 1.29 is 27.9 Å². The number of amides is 1. The lowest BCUT2D eigenvalue weighted by Crippen LogP contribution is -2.43. The Bertz CT molecular complexity index is 512. The number of fused-ring (bicyclic) bond motifs is 1. The van der Waals surface area contributed by atoms with E-state index < -0.39 is 30.5 Å². The van der Waals surface area contributed by atoms with Crippen LogP contribution in [0.2, 0.25) is 0 Å². The van der Waals surface area contributed by atoms with E-state index in [1.165, 1.54) is 16.9 Å². The summed E-state index contributed by atoms with van der Waals surface area (Å²) in [7, 11) is 0. The summed E-state index contributed by atoms with van der Waals surface area (Å²) in [6.07, 6.45) is -3.66. The molecule has 1 aliphatic heterocycles. The van der Waals surface area contributed by atoms with Gasteiger partial charge in [0, 0.05) is 12.7 Å². The minimum Gasteiger partial charge on any atom is -0.481 e. The van der Waals surface area contributed by atoms with Gasteiger partial charge >= 0.3 is 18.1 Å². The van der Waals surface area contributed by atoms with Gasteiger partial charge in [-0.1, -0.05) is 0 Å². The fourth-order valence-corrected chi connectivity index (χ4v) is 1.94. The van der Waals surface area contributed by atoms with Crippen molar-refractivity contribution in [3.63, 3.8) is 0 Å². The first-order valence-electron chi connectivity index (χ1n) is 5.38. The van der Waals surface area contributed by atoms with Crippen LogP contribution >= 0.6 is 0 Å². The molecule has 2 rings (SSSR count). The number of carboxylic acid groups (broad SMARTS) is 1. The maximum atomic E-state index is 12.4. The Hall–Kier alpha value is -2.06. The minimum absolute atomic E-state index is 0.0562. The third-order valence-electron chi connectivity index (χ3n) is 2.87. The van der Waals surface area contributed by atoms with Crippen LogP contribution in [0, 0.1) is 5.92 Å². The van der Waals surface area contributed by atoms with E-state index >= 15 is 0 Å². The first-order valence-corrected chi connectivity index (χ1v) is 5.38. The Labute approximate surface area is 105 Å². The molecule has 1 aromatic heterocycles. The van der Waals surface area contributed by atoms with Crippen molar-refractivity contribution in [3.05, 3.63) is 18.0 Å². The number of carbonyl (C=O) groups is 2. The zero-order chi connectivity index (χ0) is 14.2. The Morgan fingerprint density at radius 1 is 1.37 bits per heavy atom. The Kier molecular flexibility index (Phi) is 3.21. The van der Waals surface area contributed by atoms with Gasteiger partial charge in [-0.05, 0) is 6.07 Å². The summed E-state index contributed by atoms with van der Waals surface area (Å²) < 4.78 is 38.6. The second-order valence-electron chi connectivity index (χ2n) is 4.22. The molecule has 0 aromatic carbocycles. The zero-order valence-electron chi connectivity index (χ0n) is 9.59. The number of aromatic nitrogens is 2. The SMILES string of the molecule is O=C(O)C1CN(C(=O)C(F)(F)F)Cc2ccnn2C1. The summed E-state index contributed by atoms with van der Waals surface area (Å²) in [5.41, 5.74) is 0.376. The topological polar surface area (TPSA) is 75.4 Å². The van der Waals surface area contributed by atoms with Crippen LogP contribution in [0.4, 0.5) is 13.2 Å². The summed E-state index contributed by atoms with van der Waals surface area (Å²) in [4.78, 5) is 22.7. The van der Waals surface area contributed by atoms with Gasteiger partial charge in [-0.15, -0.1) is 0 Å². The average molecular weight is 277 g/mol. The molecule has 1 atom stereocenters. The minimum atomic E-state index is -5.02. The molecule has 1 aliphatic rings. The summed E-state index contributed by atoms with van der Waals surface area (Å²) in [5.74, 6) is -4.41. The number of aliphatic carboxylic acids is 1. The second-order valence-corrected chi connectivity index (χ2v) is 4.22. The van der Waals surface area contributed by atoms with Crippen LogP contribution in [-0.4, -0.2) is 44.4 Å². The molecule has 0 saturated carbocycles. The maximum Gasteiger partial charge on any atom is 0.471 e. The number of nitrogens with zero attached hydrogens (tertiary/aromatic N) is 3. The van der Waals surface area contributed by atoms with Gasteiger partial charge in [0.25, 0.3) is 0 Å². The van der Waals surface area contributed by atoms with E-state index in [4.69, 9.17) is 5.11 Å². The molecule has 1 unspecified atom stereocenters. The molecule has 0 bridgehead atoms. The summed E-state index contributed by atoms with van der Waals surface area (Å²) in [6.45, 7) is -0.849. The van der Waals surface area contributed by atoms with E-state index in [0.29, 0.717) is 10.6 Å². The summed E-state index contributed by atoms with van der Waals surface area (Å²) >= 11 is 0. The number of hydrogen-bond donors (Lipinski definition) is 1. The van der Waals surface area contributed by atoms with E-state index in [0.717, 1.165) is 0 Å². The van der Waals surface area contributed by atoms with Crippen LogP contribution in [0.5, 0.6) is 0 Å².